The lowest BCUT2D eigenvalue weighted by Crippen LogP contribution is -2.22. The highest BCUT2D eigenvalue weighted by Crippen LogP contribution is 2.32. The predicted molar refractivity (Wildman–Crippen MR) is 81.1 cm³/mol. The van der Waals surface area contributed by atoms with Gasteiger partial charge in [0.15, 0.2) is 0 Å². The summed E-state index contributed by atoms with van der Waals surface area (Å²) in [6, 6.07) is 6.76. The zero-order valence-electron chi connectivity index (χ0n) is 10.6. The molecule has 2 rings (SSSR count). The summed E-state index contributed by atoms with van der Waals surface area (Å²) >= 11 is 5.41. The van der Waals surface area contributed by atoms with Crippen LogP contribution in [0, 0.1) is 6.92 Å². The Bertz CT molecular complexity index is 476. The van der Waals surface area contributed by atoms with E-state index in [0.29, 0.717) is 6.04 Å². The minimum absolute atomic E-state index is 0.370. The van der Waals surface area contributed by atoms with Gasteiger partial charge in [0.25, 0.3) is 0 Å². The van der Waals surface area contributed by atoms with Crippen molar-refractivity contribution in [2.75, 3.05) is 6.54 Å². The summed E-state index contributed by atoms with van der Waals surface area (Å²) in [7, 11) is 0. The smallest absolute Gasteiger partial charge is 0.0731 e. The van der Waals surface area contributed by atoms with E-state index >= 15 is 0 Å². The van der Waals surface area contributed by atoms with Crippen LogP contribution in [0.1, 0.15) is 29.0 Å². The van der Waals surface area contributed by atoms with Crippen molar-refractivity contribution in [1.82, 2.24) is 10.3 Å². The third-order valence-electron chi connectivity index (χ3n) is 2.83. The maximum Gasteiger partial charge on any atom is 0.0731 e. The Morgan fingerprint density at radius 3 is 2.89 bits per heavy atom. The number of likely N-dealkylation sites (N-methyl/N-ethyl adjacent to an activating group) is 1. The number of pyridine rings is 1. The molecule has 2 heterocycles. The number of thiophene rings is 1. The fourth-order valence-corrected chi connectivity index (χ4v) is 3.58. The molecule has 0 aromatic carbocycles. The molecular formula is C14H17BrN2S. The van der Waals surface area contributed by atoms with Gasteiger partial charge in [0, 0.05) is 23.3 Å². The lowest BCUT2D eigenvalue weighted by molar-refractivity contribution is 0.557. The molecule has 4 heteroatoms. The molecule has 0 aliphatic carbocycles. The molecule has 0 fully saturated rings. The van der Waals surface area contributed by atoms with Crippen molar-refractivity contribution in [2.24, 2.45) is 0 Å². The number of hydrogen-bond acceptors (Lipinski definition) is 3. The fourth-order valence-electron chi connectivity index (χ4n) is 1.93. The molecule has 0 radical (unpaired) electrons. The van der Waals surface area contributed by atoms with Crippen LogP contribution in [0.4, 0.5) is 0 Å². The van der Waals surface area contributed by atoms with Crippen LogP contribution in [-0.4, -0.2) is 11.5 Å². The molecule has 2 nitrogen and oxygen atoms in total. The van der Waals surface area contributed by atoms with Gasteiger partial charge in [-0.1, -0.05) is 13.0 Å². The van der Waals surface area contributed by atoms with Crippen LogP contribution < -0.4 is 5.32 Å². The molecule has 0 saturated heterocycles. The van der Waals surface area contributed by atoms with Crippen LogP contribution in [0.5, 0.6) is 0 Å². The third-order valence-corrected chi connectivity index (χ3v) is 5.08. The second kappa shape index (κ2) is 6.45. The number of aryl methyl sites for hydroxylation is 1. The Kier molecular flexibility index (Phi) is 4.92. The predicted octanol–water partition coefficient (Wildman–Crippen LogP) is 4.11. The first-order valence-electron chi connectivity index (χ1n) is 6.08. The Labute approximate surface area is 121 Å². The van der Waals surface area contributed by atoms with E-state index in [1.165, 1.54) is 19.8 Å². The molecule has 2 aromatic heterocycles. The monoisotopic (exact) mass is 324 g/mol. The van der Waals surface area contributed by atoms with Gasteiger partial charge >= 0.3 is 0 Å². The highest BCUT2D eigenvalue weighted by Gasteiger charge is 2.15. The summed E-state index contributed by atoms with van der Waals surface area (Å²) in [5, 5.41) is 3.55. The molecule has 96 valence electrons. The molecule has 1 atom stereocenters. The molecular weight excluding hydrogens is 308 g/mol. The number of hydrogen-bond donors (Lipinski definition) is 1. The van der Waals surface area contributed by atoms with Crippen molar-refractivity contribution in [3.63, 3.8) is 0 Å². The van der Waals surface area contributed by atoms with Crippen LogP contribution in [0.2, 0.25) is 0 Å². The van der Waals surface area contributed by atoms with Gasteiger partial charge in [-0.25, -0.2) is 0 Å². The lowest BCUT2D eigenvalue weighted by Gasteiger charge is -2.16. The van der Waals surface area contributed by atoms with Gasteiger partial charge in [-0.15, -0.1) is 11.3 Å². The van der Waals surface area contributed by atoms with E-state index in [-0.39, 0.29) is 0 Å². The average molecular weight is 325 g/mol. The Morgan fingerprint density at radius 1 is 1.50 bits per heavy atom. The summed E-state index contributed by atoms with van der Waals surface area (Å²) in [5.41, 5.74) is 2.58. The molecule has 0 aliphatic rings. The molecule has 0 bridgehead atoms. The Hall–Kier alpha value is -0.710. The number of aromatic nitrogens is 1. The van der Waals surface area contributed by atoms with Gasteiger partial charge in [0.1, 0.15) is 0 Å². The average Bonchev–Trinajstić information content (AvgIpc) is 2.70. The second-order valence-electron chi connectivity index (χ2n) is 4.28. The largest absolute Gasteiger partial charge is 0.309 e. The fraction of sp³-hybridized carbons (Fsp3) is 0.357. The van der Waals surface area contributed by atoms with E-state index in [2.05, 4.69) is 52.2 Å². The van der Waals surface area contributed by atoms with Crippen LogP contribution in [-0.2, 0) is 6.42 Å². The quantitative estimate of drug-likeness (QED) is 0.895. The van der Waals surface area contributed by atoms with E-state index in [4.69, 9.17) is 0 Å². The van der Waals surface area contributed by atoms with Gasteiger partial charge in [-0.05, 0) is 59.1 Å². The van der Waals surface area contributed by atoms with E-state index in [1.54, 1.807) is 0 Å². The Morgan fingerprint density at radius 2 is 2.33 bits per heavy atom. The first kappa shape index (κ1) is 13.7. The minimum atomic E-state index is 0.370. The molecule has 0 amide bonds. The summed E-state index contributed by atoms with van der Waals surface area (Å²) in [6.07, 6.45) is 4.74. The summed E-state index contributed by atoms with van der Waals surface area (Å²) in [6.45, 7) is 5.25. The number of halogens is 1. The molecule has 2 aromatic rings. The van der Waals surface area contributed by atoms with Crippen molar-refractivity contribution >= 4 is 27.3 Å². The van der Waals surface area contributed by atoms with Crippen LogP contribution in [0.15, 0.2) is 34.4 Å². The summed E-state index contributed by atoms with van der Waals surface area (Å²) < 4.78 is 1.23. The van der Waals surface area contributed by atoms with Gasteiger partial charge < -0.3 is 5.32 Å². The maximum absolute atomic E-state index is 4.18. The van der Waals surface area contributed by atoms with Gasteiger partial charge in [0.2, 0.25) is 0 Å². The van der Waals surface area contributed by atoms with E-state index in [1.807, 2.05) is 29.8 Å². The maximum atomic E-state index is 4.18. The number of rotatable bonds is 5. The van der Waals surface area contributed by atoms with E-state index in [0.717, 1.165) is 13.0 Å². The van der Waals surface area contributed by atoms with Gasteiger partial charge in [0.05, 0.1) is 3.79 Å². The highest BCUT2D eigenvalue weighted by atomic mass is 79.9. The van der Waals surface area contributed by atoms with Crippen molar-refractivity contribution in [2.45, 2.75) is 26.3 Å². The van der Waals surface area contributed by atoms with Crippen molar-refractivity contribution in [1.29, 1.82) is 0 Å². The number of nitrogens with one attached hydrogen (secondary N) is 1. The van der Waals surface area contributed by atoms with Crippen molar-refractivity contribution < 1.29 is 0 Å². The van der Waals surface area contributed by atoms with E-state index < -0.39 is 0 Å². The normalized spacial score (nSPS) is 12.6. The molecule has 18 heavy (non-hydrogen) atoms. The SMILES string of the molecule is CCNC(Cc1cccnc1)c1cc(C)c(Br)s1. The molecule has 1 unspecified atom stereocenters. The van der Waals surface area contributed by atoms with Crippen molar-refractivity contribution in [3.05, 3.63) is 50.4 Å². The van der Waals surface area contributed by atoms with Crippen LogP contribution in [0.25, 0.3) is 0 Å². The Balaban J connectivity index is 2.18. The molecule has 0 aliphatic heterocycles. The summed E-state index contributed by atoms with van der Waals surface area (Å²) in [4.78, 5) is 5.56. The highest BCUT2D eigenvalue weighted by molar-refractivity contribution is 9.11. The van der Waals surface area contributed by atoms with E-state index in [9.17, 15) is 0 Å². The topological polar surface area (TPSA) is 24.9 Å². The zero-order valence-corrected chi connectivity index (χ0v) is 13.0. The minimum Gasteiger partial charge on any atom is -0.309 e. The first-order valence-corrected chi connectivity index (χ1v) is 7.69. The lowest BCUT2D eigenvalue weighted by atomic mass is 10.1. The van der Waals surface area contributed by atoms with Gasteiger partial charge in [-0.3, -0.25) is 4.98 Å². The van der Waals surface area contributed by atoms with Gasteiger partial charge in [-0.2, -0.15) is 0 Å². The standard InChI is InChI=1S/C14H17BrN2S/c1-3-17-12(8-11-5-4-6-16-9-11)13-7-10(2)14(15)18-13/h4-7,9,12,17H,3,8H2,1-2H3. The second-order valence-corrected chi connectivity index (χ2v) is 6.68. The van der Waals surface area contributed by atoms with Crippen LogP contribution in [0.3, 0.4) is 0 Å². The summed E-state index contributed by atoms with van der Waals surface area (Å²) in [5.74, 6) is 0. The molecule has 1 N–H and O–H groups in total. The zero-order chi connectivity index (χ0) is 13.0. The third kappa shape index (κ3) is 3.40. The number of nitrogens with zero attached hydrogens (tertiary/aromatic N) is 1. The van der Waals surface area contributed by atoms with Crippen LogP contribution >= 0.6 is 27.3 Å². The van der Waals surface area contributed by atoms with Crippen molar-refractivity contribution in [3.8, 4) is 0 Å². The first-order chi connectivity index (χ1) is 8.70. The molecule has 0 saturated carbocycles. The molecule has 0 spiro atoms.